The van der Waals surface area contributed by atoms with Crippen molar-refractivity contribution in [2.24, 2.45) is 0 Å². The van der Waals surface area contributed by atoms with Gasteiger partial charge in [0, 0.05) is 38.3 Å². The summed E-state index contributed by atoms with van der Waals surface area (Å²) in [5, 5.41) is 3.37. The standard InChI is InChI=1S/C17H25N3O4S/c1-19(2)25(22,23)16-10-12(4-7-15(16)24-3)17(21)20-13-5-6-14(20)11-18-9-8-13/h4,7,10,13-14,18H,5-6,8-9,11H2,1-3H3. The van der Waals surface area contributed by atoms with Gasteiger partial charge in [-0.2, -0.15) is 0 Å². The largest absolute Gasteiger partial charge is 0.495 e. The number of carbonyl (C=O) groups is 1. The molecule has 0 aromatic heterocycles. The molecular weight excluding hydrogens is 342 g/mol. The Balaban J connectivity index is 1.99. The van der Waals surface area contributed by atoms with Gasteiger partial charge in [-0.1, -0.05) is 0 Å². The Morgan fingerprint density at radius 1 is 1.24 bits per heavy atom. The molecule has 0 aliphatic carbocycles. The van der Waals surface area contributed by atoms with Gasteiger partial charge in [-0.05, 0) is 44.0 Å². The van der Waals surface area contributed by atoms with Crippen LogP contribution in [0.2, 0.25) is 0 Å². The van der Waals surface area contributed by atoms with E-state index in [0.29, 0.717) is 5.56 Å². The quantitative estimate of drug-likeness (QED) is 0.856. The molecule has 25 heavy (non-hydrogen) atoms. The van der Waals surface area contributed by atoms with Crippen LogP contribution in [-0.4, -0.2) is 69.9 Å². The Hall–Kier alpha value is -1.64. The number of fused-ring (bicyclic) bond motifs is 2. The first-order chi connectivity index (χ1) is 11.9. The van der Waals surface area contributed by atoms with Crippen LogP contribution in [0.5, 0.6) is 5.75 Å². The highest BCUT2D eigenvalue weighted by Crippen LogP contribution is 2.32. The lowest BCUT2D eigenvalue weighted by Gasteiger charge is -2.28. The van der Waals surface area contributed by atoms with E-state index in [1.807, 2.05) is 4.90 Å². The van der Waals surface area contributed by atoms with Gasteiger partial charge in [-0.25, -0.2) is 12.7 Å². The van der Waals surface area contributed by atoms with Gasteiger partial charge in [-0.3, -0.25) is 4.79 Å². The molecule has 2 unspecified atom stereocenters. The minimum absolute atomic E-state index is 0.0196. The molecule has 0 spiro atoms. The normalized spacial score (nSPS) is 23.6. The molecule has 7 nitrogen and oxygen atoms in total. The number of methoxy groups -OCH3 is 1. The van der Waals surface area contributed by atoms with Crippen LogP contribution in [0.25, 0.3) is 0 Å². The minimum atomic E-state index is -3.70. The molecule has 138 valence electrons. The topological polar surface area (TPSA) is 79.0 Å². The van der Waals surface area contributed by atoms with E-state index in [1.165, 1.54) is 27.3 Å². The van der Waals surface area contributed by atoms with Crippen LogP contribution in [-0.2, 0) is 10.0 Å². The van der Waals surface area contributed by atoms with Gasteiger partial charge < -0.3 is 15.0 Å². The summed E-state index contributed by atoms with van der Waals surface area (Å²) in [5.74, 6) is 0.139. The number of ether oxygens (including phenoxy) is 1. The van der Waals surface area contributed by atoms with Crippen LogP contribution in [0.15, 0.2) is 23.1 Å². The number of hydrogen-bond acceptors (Lipinski definition) is 5. The molecular formula is C17H25N3O4S. The first kappa shape index (κ1) is 18.2. The SMILES string of the molecule is COc1ccc(C(=O)N2C3CCNCC2CC3)cc1S(=O)(=O)N(C)C. The third-order valence-corrected chi connectivity index (χ3v) is 6.89. The first-order valence-corrected chi connectivity index (χ1v) is 9.94. The van der Waals surface area contributed by atoms with E-state index in [0.717, 1.165) is 36.7 Å². The fraction of sp³-hybridized carbons (Fsp3) is 0.588. The van der Waals surface area contributed by atoms with Crippen LogP contribution in [0.1, 0.15) is 29.6 Å². The van der Waals surface area contributed by atoms with Crippen molar-refractivity contribution in [1.29, 1.82) is 0 Å². The van der Waals surface area contributed by atoms with Crippen LogP contribution in [0.3, 0.4) is 0 Å². The third kappa shape index (κ3) is 3.26. The lowest BCUT2D eigenvalue weighted by molar-refractivity contribution is 0.0680. The lowest BCUT2D eigenvalue weighted by atomic mass is 10.1. The van der Waals surface area contributed by atoms with Crippen molar-refractivity contribution in [3.63, 3.8) is 0 Å². The van der Waals surface area contributed by atoms with Crippen molar-refractivity contribution < 1.29 is 17.9 Å². The molecule has 2 aliphatic rings. The number of nitrogens with one attached hydrogen (secondary N) is 1. The predicted molar refractivity (Wildman–Crippen MR) is 94.3 cm³/mol. The highest BCUT2D eigenvalue weighted by atomic mass is 32.2. The van der Waals surface area contributed by atoms with Gasteiger partial charge in [0.1, 0.15) is 10.6 Å². The van der Waals surface area contributed by atoms with Crippen LogP contribution < -0.4 is 10.1 Å². The van der Waals surface area contributed by atoms with Crippen LogP contribution in [0, 0.1) is 0 Å². The summed E-state index contributed by atoms with van der Waals surface area (Å²) in [7, 11) is 0.648. The fourth-order valence-corrected chi connectivity index (χ4v) is 4.75. The number of hydrogen-bond donors (Lipinski definition) is 1. The van der Waals surface area contributed by atoms with Crippen LogP contribution in [0.4, 0.5) is 0 Å². The van der Waals surface area contributed by atoms with Crippen molar-refractivity contribution in [3.05, 3.63) is 23.8 Å². The van der Waals surface area contributed by atoms with E-state index in [9.17, 15) is 13.2 Å². The average molecular weight is 367 g/mol. The molecule has 2 saturated heterocycles. The number of rotatable bonds is 4. The van der Waals surface area contributed by atoms with Crippen molar-refractivity contribution >= 4 is 15.9 Å². The Bertz CT molecular complexity index is 749. The highest BCUT2D eigenvalue weighted by molar-refractivity contribution is 7.89. The summed E-state index contributed by atoms with van der Waals surface area (Å²) >= 11 is 0. The van der Waals surface area contributed by atoms with E-state index in [1.54, 1.807) is 12.1 Å². The maximum atomic E-state index is 13.1. The Morgan fingerprint density at radius 3 is 2.64 bits per heavy atom. The summed E-state index contributed by atoms with van der Waals surface area (Å²) < 4.78 is 31.5. The van der Waals surface area contributed by atoms with Crippen molar-refractivity contribution in [1.82, 2.24) is 14.5 Å². The fourth-order valence-electron chi connectivity index (χ4n) is 3.67. The Morgan fingerprint density at radius 2 is 1.96 bits per heavy atom. The van der Waals surface area contributed by atoms with E-state index < -0.39 is 10.0 Å². The summed E-state index contributed by atoms with van der Waals surface area (Å²) in [6, 6.07) is 5.04. The molecule has 2 bridgehead atoms. The summed E-state index contributed by atoms with van der Waals surface area (Å²) in [6.07, 6.45) is 2.93. The molecule has 2 fully saturated rings. The van der Waals surface area contributed by atoms with Crippen molar-refractivity contribution in [2.75, 3.05) is 34.3 Å². The second kappa shape index (κ2) is 6.93. The molecule has 1 aromatic carbocycles. The zero-order chi connectivity index (χ0) is 18.2. The Kier molecular flexibility index (Phi) is 5.04. The molecule has 1 aromatic rings. The number of nitrogens with zero attached hydrogens (tertiary/aromatic N) is 2. The van der Waals surface area contributed by atoms with Crippen molar-refractivity contribution in [2.45, 2.75) is 36.2 Å². The highest BCUT2D eigenvalue weighted by Gasteiger charge is 2.38. The molecule has 1 N–H and O–H groups in total. The maximum Gasteiger partial charge on any atom is 0.254 e. The van der Waals surface area contributed by atoms with Gasteiger partial charge in [0.2, 0.25) is 10.0 Å². The predicted octanol–water partition coefficient (Wildman–Crippen LogP) is 0.912. The van der Waals surface area contributed by atoms with Crippen molar-refractivity contribution in [3.8, 4) is 5.75 Å². The minimum Gasteiger partial charge on any atom is -0.495 e. The smallest absolute Gasteiger partial charge is 0.254 e. The number of benzene rings is 1. The Labute approximate surface area is 149 Å². The molecule has 2 atom stereocenters. The zero-order valence-corrected chi connectivity index (χ0v) is 15.7. The van der Waals surface area contributed by atoms with E-state index in [-0.39, 0.29) is 28.6 Å². The van der Waals surface area contributed by atoms with Gasteiger partial charge in [0.25, 0.3) is 5.91 Å². The second-order valence-corrected chi connectivity index (χ2v) is 8.86. The molecule has 1 amide bonds. The molecule has 8 heteroatoms. The van der Waals surface area contributed by atoms with E-state index >= 15 is 0 Å². The van der Waals surface area contributed by atoms with Gasteiger partial charge in [0.05, 0.1) is 7.11 Å². The van der Waals surface area contributed by atoms with Crippen LogP contribution >= 0.6 is 0 Å². The average Bonchev–Trinajstić information content (AvgIpc) is 2.86. The van der Waals surface area contributed by atoms with Gasteiger partial charge in [0.15, 0.2) is 0 Å². The monoisotopic (exact) mass is 367 g/mol. The molecule has 0 saturated carbocycles. The van der Waals surface area contributed by atoms with Gasteiger partial charge >= 0.3 is 0 Å². The molecule has 0 radical (unpaired) electrons. The molecule has 2 heterocycles. The third-order valence-electron chi connectivity index (χ3n) is 5.06. The molecule has 2 aliphatic heterocycles. The maximum absolute atomic E-state index is 13.1. The van der Waals surface area contributed by atoms with Gasteiger partial charge in [-0.15, -0.1) is 0 Å². The molecule has 3 rings (SSSR count). The number of carbonyl (C=O) groups excluding carboxylic acids is 1. The number of amides is 1. The second-order valence-electron chi connectivity index (χ2n) is 6.74. The number of sulfonamides is 1. The van der Waals surface area contributed by atoms with E-state index in [4.69, 9.17) is 4.74 Å². The summed E-state index contributed by atoms with van der Waals surface area (Å²) in [5.41, 5.74) is 0.389. The van der Waals surface area contributed by atoms with E-state index in [2.05, 4.69) is 5.32 Å². The summed E-state index contributed by atoms with van der Waals surface area (Å²) in [6.45, 7) is 1.70. The first-order valence-electron chi connectivity index (χ1n) is 8.50. The lowest BCUT2D eigenvalue weighted by Crippen LogP contribution is -2.42. The zero-order valence-electron chi connectivity index (χ0n) is 14.9. The summed E-state index contributed by atoms with van der Waals surface area (Å²) in [4.78, 5) is 15.1.